The SMILES string of the molecule is CC(C)C(C)NC1CC(c2ccc(Cl)cc2)C1. The zero-order valence-electron chi connectivity index (χ0n) is 10.9. The van der Waals surface area contributed by atoms with Gasteiger partial charge in [-0.3, -0.25) is 0 Å². The Morgan fingerprint density at radius 1 is 1.12 bits per heavy atom. The first-order valence-electron chi connectivity index (χ1n) is 6.57. The van der Waals surface area contributed by atoms with Gasteiger partial charge < -0.3 is 5.32 Å². The summed E-state index contributed by atoms with van der Waals surface area (Å²) in [6, 6.07) is 9.63. The number of benzene rings is 1. The molecule has 94 valence electrons. The van der Waals surface area contributed by atoms with Crippen LogP contribution < -0.4 is 5.32 Å². The van der Waals surface area contributed by atoms with Crippen molar-refractivity contribution in [1.82, 2.24) is 5.32 Å². The van der Waals surface area contributed by atoms with Gasteiger partial charge in [0.2, 0.25) is 0 Å². The van der Waals surface area contributed by atoms with Crippen molar-refractivity contribution < 1.29 is 0 Å². The van der Waals surface area contributed by atoms with Crippen molar-refractivity contribution in [3.05, 3.63) is 34.9 Å². The highest BCUT2D eigenvalue weighted by molar-refractivity contribution is 6.30. The predicted molar refractivity (Wildman–Crippen MR) is 74.7 cm³/mol. The average Bonchev–Trinajstić information content (AvgIpc) is 2.24. The van der Waals surface area contributed by atoms with Crippen molar-refractivity contribution in [2.75, 3.05) is 0 Å². The Morgan fingerprint density at radius 3 is 2.24 bits per heavy atom. The highest BCUT2D eigenvalue weighted by atomic mass is 35.5. The zero-order valence-corrected chi connectivity index (χ0v) is 11.7. The van der Waals surface area contributed by atoms with Crippen molar-refractivity contribution >= 4 is 11.6 Å². The lowest BCUT2D eigenvalue weighted by Crippen LogP contribution is -2.46. The zero-order chi connectivity index (χ0) is 12.4. The molecule has 1 aliphatic rings. The number of rotatable bonds is 4. The van der Waals surface area contributed by atoms with E-state index in [2.05, 4.69) is 38.2 Å². The van der Waals surface area contributed by atoms with Crippen LogP contribution in [0.4, 0.5) is 0 Å². The molecule has 1 atom stereocenters. The first kappa shape index (κ1) is 12.9. The lowest BCUT2D eigenvalue weighted by Gasteiger charge is -2.39. The molecule has 0 spiro atoms. The van der Waals surface area contributed by atoms with Gasteiger partial charge in [-0.1, -0.05) is 37.6 Å². The number of halogens is 1. The summed E-state index contributed by atoms with van der Waals surface area (Å²) < 4.78 is 0. The summed E-state index contributed by atoms with van der Waals surface area (Å²) in [5.74, 6) is 1.44. The lowest BCUT2D eigenvalue weighted by molar-refractivity contribution is 0.248. The minimum atomic E-state index is 0.617. The molecule has 0 aromatic heterocycles. The molecule has 2 rings (SSSR count). The van der Waals surface area contributed by atoms with Crippen molar-refractivity contribution in [2.45, 2.75) is 51.6 Å². The first-order chi connectivity index (χ1) is 8.06. The maximum absolute atomic E-state index is 5.90. The molecule has 2 heteroatoms. The maximum atomic E-state index is 5.90. The van der Waals surface area contributed by atoms with E-state index in [0.717, 1.165) is 10.9 Å². The molecule has 1 aliphatic carbocycles. The van der Waals surface area contributed by atoms with Gasteiger partial charge in [0.05, 0.1) is 0 Å². The fourth-order valence-electron chi connectivity index (χ4n) is 2.33. The van der Waals surface area contributed by atoms with Crippen molar-refractivity contribution in [3.63, 3.8) is 0 Å². The second kappa shape index (κ2) is 5.41. The quantitative estimate of drug-likeness (QED) is 0.845. The summed E-state index contributed by atoms with van der Waals surface area (Å²) in [4.78, 5) is 0. The molecular formula is C15H22ClN. The fraction of sp³-hybridized carbons (Fsp3) is 0.600. The molecule has 0 saturated heterocycles. The molecule has 0 heterocycles. The molecule has 0 bridgehead atoms. The second-order valence-corrected chi connectivity index (χ2v) is 6.05. The third-order valence-corrected chi connectivity index (χ3v) is 4.23. The third-order valence-electron chi connectivity index (χ3n) is 3.98. The highest BCUT2D eigenvalue weighted by Crippen LogP contribution is 2.37. The van der Waals surface area contributed by atoms with Crippen LogP contribution in [0, 0.1) is 5.92 Å². The van der Waals surface area contributed by atoms with Gasteiger partial charge >= 0.3 is 0 Å². The van der Waals surface area contributed by atoms with E-state index >= 15 is 0 Å². The van der Waals surface area contributed by atoms with Gasteiger partial charge in [-0.2, -0.15) is 0 Å². The van der Waals surface area contributed by atoms with Gasteiger partial charge in [-0.15, -0.1) is 0 Å². The molecule has 1 fully saturated rings. The fourth-order valence-corrected chi connectivity index (χ4v) is 2.45. The summed E-state index contributed by atoms with van der Waals surface area (Å²) in [6.45, 7) is 6.82. The van der Waals surface area contributed by atoms with Gasteiger partial charge in [-0.05, 0) is 49.3 Å². The van der Waals surface area contributed by atoms with Crippen molar-refractivity contribution in [3.8, 4) is 0 Å². The Balaban J connectivity index is 1.81. The molecule has 1 saturated carbocycles. The van der Waals surface area contributed by atoms with Gasteiger partial charge in [0.25, 0.3) is 0 Å². The minimum Gasteiger partial charge on any atom is -0.311 e. The number of nitrogens with one attached hydrogen (secondary N) is 1. The predicted octanol–water partition coefficient (Wildman–Crippen LogP) is 4.22. The molecule has 0 amide bonds. The Kier molecular flexibility index (Phi) is 4.11. The van der Waals surface area contributed by atoms with E-state index in [1.165, 1.54) is 18.4 Å². The van der Waals surface area contributed by atoms with Gasteiger partial charge in [0, 0.05) is 17.1 Å². The van der Waals surface area contributed by atoms with Crippen LogP contribution in [0.2, 0.25) is 5.02 Å². The van der Waals surface area contributed by atoms with Crippen molar-refractivity contribution in [1.29, 1.82) is 0 Å². The maximum Gasteiger partial charge on any atom is 0.0406 e. The molecule has 0 aliphatic heterocycles. The lowest BCUT2D eigenvalue weighted by atomic mass is 9.75. The molecular weight excluding hydrogens is 230 g/mol. The highest BCUT2D eigenvalue weighted by Gasteiger charge is 2.31. The summed E-state index contributed by atoms with van der Waals surface area (Å²) in [7, 11) is 0. The Hall–Kier alpha value is -0.530. The summed E-state index contributed by atoms with van der Waals surface area (Å²) in [5.41, 5.74) is 1.43. The molecule has 0 radical (unpaired) electrons. The largest absolute Gasteiger partial charge is 0.311 e. The molecule has 1 aromatic carbocycles. The normalized spacial score (nSPS) is 25.7. The second-order valence-electron chi connectivity index (χ2n) is 5.62. The van der Waals surface area contributed by atoms with Crippen LogP contribution in [0.5, 0.6) is 0 Å². The van der Waals surface area contributed by atoms with Crippen LogP contribution in [0.25, 0.3) is 0 Å². The first-order valence-corrected chi connectivity index (χ1v) is 6.95. The van der Waals surface area contributed by atoms with Crippen LogP contribution in [-0.2, 0) is 0 Å². The van der Waals surface area contributed by atoms with E-state index in [1.807, 2.05) is 12.1 Å². The van der Waals surface area contributed by atoms with Crippen LogP contribution in [0.1, 0.15) is 45.1 Å². The molecule has 1 nitrogen and oxygen atoms in total. The van der Waals surface area contributed by atoms with Gasteiger partial charge in [0.1, 0.15) is 0 Å². The number of hydrogen-bond donors (Lipinski definition) is 1. The molecule has 1 unspecified atom stereocenters. The third kappa shape index (κ3) is 3.23. The van der Waals surface area contributed by atoms with E-state index in [1.54, 1.807) is 0 Å². The van der Waals surface area contributed by atoms with Crippen LogP contribution in [0.3, 0.4) is 0 Å². The number of hydrogen-bond acceptors (Lipinski definition) is 1. The van der Waals surface area contributed by atoms with E-state index in [4.69, 9.17) is 11.6 Å². The van der Waals surface area contributed by atoms with Crippen LogP contribution in [0.15, 0.2) is 24.3 Å². The van der Waals surface area contributed by atoms with E-state index in [-0.39, 0.29) is 0 Å². The Labute approximate surface area is 110 Å². The summed E-state index contributed by atoms with van der Waals surface area (Å²) in [6.07, 6.45) is 2.53. The van der Waals surface area contributed by atoms with Crippen molar-refractivity contribution in [2.24, 2.45) is 5.92 Å². The van der Waals surface area contributed by atoms with Crippen LogP contribution in [-0.4, -0.2) is 12.1 Å². The molecule has 1 N–H and O–H groups in total. The smallest absolute Gasteiger partial charge is 0.0406 e. The van der Waals surface area contributed by atoms with E-state index in [9.17, 15) is 0 Å². The molecule has 1 aromatic rings. The Morgan fingerprint density at radius 2 is 1.71 bits per heavy atom. The van der Waals surface area contributed by atoms with Crippen LogP contribution >= 0.6 is 11.6 Å². The molecule has 17 heavy (non-hydrogen) atoms. The topological polar surface area (TPSA) is 12.0 Å². The minimum absolute atomic E-state index is 0.617. The van der Waals surface area contributed by atoms with E-state index in [0.29, 0.717) is 18.0 Å². The summed E-state index contributed by atoms with van der Waals surface area (Å²) in [5, 5.41) is 4.53. The standard InChI is InChI=1S/C15H22ClN/c1-10(2)11(3)17-15-8-13(9-15)12-4-6-14(16)7-5-12/h4-7,10-11,13,15,17H,8-9H2,1-3H3. The summed E-state index contributed by atoms with van der Waals surface area (Å²) >= 11 is 5.90. The van der Waals surface area contributed by atoms with E-state index < -0.39 is 0 Å². The van der Waals surface area contributed by atoms with Gasteiger partial charge in [0.15, 0.2) is 0 Å². The van der Waals surface area contributed by atoms with Gasteiger partial charge in [-0.25, -0.2) is 0 Å². The average molecular weight is 252 g/mol. The Bertz CT molecular complexity index is 352. The monoisotopic (exact) mass is 251 g/mol.